The first kappa shape index (κ1) is 14.9. The van der Waals surface area contributed by atoms with Crippen LogP contribution >= 0.6 is 0 Å². The second-order valence-corrected chi connectivity index (χ2v) is 4.95. The van der Waals surface area contributed by atoms with E-state index in [0.29, 0.717) is 0 Å². The molecule has 0 bridgehead atoms. The summed E-state index contributed by atoms with van der Waals surface area (Å²) in [4.78, 5) is 4.99. The van der Waals surface area contributed by atoms with Crippen LogP contribution in [0.1, 0.15) is 19.3 Å². The second kappa shape index (κ2) is 9.83. The third-order valence-electron chi connectivity index (χ3n) is 3.37. The van der Waals surface area contributed by atoms with Gasteiger partial charge in [-0.15, -0.1) is 0 Å². The number of hydrogen-bond acceptors (Lipinski definition) is 4. The highest BCUT2D eigenvalue weighted by molar-refractivity contribution is 4.67. The normalized spacial score (nSPS) is 17.1. The molecule has 0 unspecified atom stereocenters. The lowest BCUT2D eigenvalue weighted by molar-refractivity contribution is 0.193. The number of ether oxygens (including phenoxy) is 1. The van der Waals surface area contributed by atoms with Crippen LogP contribution in [-0.2, 0) is 4.74 Å². The molecule has 1 N–H and O–H groups in total. The summed E-state index contributed by atoms with van der Waals surface area (Å²) in [7, 11) is 3.97. The van der Waals surface area contributed by atoms with E-state index >= 15 is 0 Å². The Kier molecular flexibility index (Phi) is 8.61. The van der Waals surface area contributed by atoms with Gasteiger partial charge in [0.2, 0.25) is 0 Å². The summed E-state index contributed by atoms with van der Waals surface area (Å²) in [6.45, 7) is 9.19. The van der Waals surface area contributed by atoms with E-state index in [0.717, 1.165) is 32.7 Å². The Balaban J connectivity index is 1.85. The van der Waals surface area contributed by atoms with Gasteiger partial charge in [0.25, 0.3) is 0 Å². The molecule has 1 aliphatic heterocycles. The molecule has 4 heteroatoms. The fourth-order valence-corrected chi connectivity index (χ4v) is 2.17. The van der Waals surface area contributed by atoms with Crippen LogP contribution in [0.4, 0.5) is 0 Å². The third-order valence-corrected chi connectivity index (χ3v) is 3.37. The molecule has 4 nitrogen and oxygen atoms in total. The molecule has 1 rings (SSSR count). The number of nitrogens with zero attached hydrogens (tertiary/aromatic N) is 2. The molecule has 1 aliphatic rings. The molecule has 0 saturated carbocycles. The SMILES string of the molecule is COCCCNCCN(C)CCN1CCCC1. The number of likely N-dealkylation sites (N-methyl/N-ethyl adjacent to an activating group) is 1. The van der Waals surface area contributed by atoms with Gasteiger partial charge in [-0.1, -0.05) is 0 Å². The summed E-state index contributed by atoms with van der Waals surface area (Å²) in [5, 5.41) is 3.44. The minimum Gasteiger partial charge on any atom is -0.385 e. The van der Waals surface area contributed by atoms with Gasteiger partial charge in [0.05, 0.1) is 0 Å². The van der Waals surface area contributed by atoms with Gasteiger partial charge in [-0.25, -0.2) is 0 Å². The maximum Gasteiger partial charge on any atom is 0.0474 e. The van der Waals surface area contributed by atoms with Crippen molar-refractivity contribution in [3.63, 3.8) is 0 Å². The molecule has 0 aromatic carbocycles. The topological polar surface area (TPSA) is 27.7 Å². The van der Waals surface area contributed by atoms with Crippen LogP contribution in [0.25, 0.3) is 0 Å². The van der Waals surface area contributed by atoms with E-state index in [2.05, 4.69) is 22.2 Å². The van der Waals surface area contributed by atoms with Crippen molar-refractivity contribution >= 4 is 0 Å². The Bertz CT molecular complexity index is 172. The number of methoxy groups -OCH3 is 1. The zero-order valence-corrected chi connectivity index (χ0v) is 11.6. The lowest BCUT2D eigenvalue weighted by Crippen LogP contribution is -2.35. The summed E-state index contributed by atoms with van der Waals surface area (Å²) in [5.41, 5.74) is 0. The fraction of sp³-hybridized carbons (Fsp3) is 1.00. The largest absolute Gasteiger partial charge is 0.385 e. The smallest absolute Gasteiger partial charge is 0.0474 e. The molecule has 0 radical (unpaired) electrons. The molecule has 1 fully saturated rings. The zero-order chi connectivity index (χ0) is 12.3. The molecule has 0 spiro atoms. The fourth-order valence-electron chi connectivity index (χ4n) is 2.17. The molecule has 0 amide bonds. The van der Waals surface area contributed by atoms with Gasteiger partial charge in [0.1, 0.15) is 0 Å². The number of nitrogens with one attached hydrogen (secondary N) is 1. The quantitative estimate of drug-likeness (QED) is 0.570. The van der Waals surface area contributed by atoms with Crippen molar-refractivity contribution in [3.05, 3.63) is 0 Å². The van der Waals surface area contributed by atoms with E-state index in [1.807, 2.05) is 0 Å². The molecule has 0 atom stereocenters. The molecule has 0 aliphatic carbocycles. The van der Waals surface area contributed by atoms with Crippen LogP contribution in [-0.4, -0.2) is 76.4 Å². The Labute approximate surface area is 106 Å². The maximum atomic E-state index is 5.01. The lowest BCUT2D eigenvalue weighted by atomic mass is 10.4. The first-order valence-corrected chi connectivity index (χ1v) is 6.93. The van der Waals surface area contributed by atoms with E-state index in [9.17, 15) is 0 Å². The maximum absolute atomic E-state index is 5.01. The number of hydrogen-bond donors (Lipinski definition) is 1. The van der Waals surface area contributed by atoms with Crippen LogP contribution in [0, 0.1) is 0 Å². The Hall–Kier alpha value is -0.160. The van der Waals surface area contributed by atoms with E-state index in [-0.39, 0.29) is 0 Å². The second-order valence-electron chi connectivity index (χ2n) is 4.95. The van der Waals surface area contributed by atoms with E-state index in [1.54, 1.807) is 7.11 Å². The predicted octanol–water partition coefficient (Wildman–Crippen LogP) is 0.640. The minimum atomic E-state index is 0.859. The van der Waals surface area contributed by atoms with Gasteiger partial charge >= 0.3 is 0 Å². The number of likely N-dealkylation sites (tertiary alicyclic amines) is 1. The van der Waals surface area contributed by atoms with Crippen molar-refractivity contribution in [2.24, 2.45) is 0 Å². The van der Waals surface area contributed by atoms with E-state index in [1.165, 1.54) is 39.0 Å². The molecule has 1 saturated heterocycles. The summed E-state index contributed by atoms with van der Waals surface area (Å²) >= 11 is 0. The molecular formula is C13H29N3O. The highest BCUT2D eigenvalue weighted by Crippen LogP contribution is 2.06. The molecule has 0 aromatic heterocycles. The molecule has 0 aromatic rings. The first-order valence-electron chi connectivity index (χ1n) is 6.93. The van der Waals surface area contributed by atoms with Crippen LogP contribution in [0.2, 0.25) is 0 Å². The number of rotatable bonds is 10. The van der Waals surface area contributed by atoms with Crippen LogP contribution in [0.5, 0.6) is 0 Å². The van der Waals surface area contributed by atoms with Crippen LogP contribution in [0.15, 0.2) is 0 Å². The van der Waals surface area contributed by atoms with Crippen molar-refractivity contribution in [2.75, 3.05) is 66.6 Å². The van der Waals surface area contributed by atoms with Gasteiger partial charge in [-0.3, -0.25) is 0 Å². The van der Waals surface area contributed by atoms with Crippen molar-refractivity contribution in [1.29, 1.82) is 0 Å². The van der Waals surface area contributed by atoms with Gasteiger partial charge in [-0.2, -0.15) is 0 Å². The monoisotopic (exact) mass is 243 g/mol. The van der Waals surface area contributed by atoms with Crippen molar-refractivity contribution < 1.29 is 4.74 Å². The zero-order valence-electron chi connectivity index (χ0n) is 11.6. The van der Waals surface area contributed by atoms with Crippen molar-refractivity contribution in [3.8, 4) is 0 Å². The first-order chi connectivity index (χ1) is 8.33. The average molecular weight is 243 g/mol. The Morgan fingerprint density at radius 1 is 1.18 bits per heavy atom. The third kappa shape index (κ3) is 7.71. The van der Waals surface area contributed by atoms with Crippen LogP contribution in [0.3, 0.4) is 0 Å². The van der Waals surface area contributed by atoms with Gasteiger partial charge in [0.15, 0.2) is 0 Å². The minimum absolute atomic E-state index is 0.859. The summed E-state index contributed by atoms with van der Waals surface area (Å²) in [6.07, 6.45) is 3.89. The van der Waals surface area contributed by atoms with Gasteiger partial charge in [-0.05, 0) is 45.9 Å². The van der Waals surface area contributed by atoms with Crippen LogP contribution < -0.4 is 5.32 Å². The summed E-state index contributed by atoms with van der Waals surface area (Å²) in [5.74, 6) is 0. The molecule has 1 heterocycles. The van der Waals surface area contributed by atoms with Gasteiger partial charge in [0, 0.05) is 39.9 Å². The van der Waals surface area contributed by atoms with E-state index in [4.69, 9.17) is 4.74 Å². The van der Waals surface area contributed by atoms with Crippen molar-refractivity contribution in [2.45, 2.75) is 19.3 Å². The average Bonchev–Trinajstić information content (AvgIpc) is 2.84. The summed E-state index contributed by atoms with van der Waals surface area (Å²) in [6, 6.07) is 0. The molecular weight excluding hydrogens is 214 g/mol. The highest BCUT2D eigenvalue weighted by Gasteiger charge is 2.11. The molecule has 102 valence electrons. The predicted molar refractivity (Wildman–Crippen MR) is 72.5 cm³/mol. The Morgan fingerprint density at radius 2 is 1.94 bits per heavy atom. The van der Waals surface area contributed by atoms with Crippen molar-refractivity contribution in [1.82, 2.24) is 15.1 Å². The molecule has 17 heavy (non-hydrogen) atoms. The highest BCUT2D eigenvalue weighted by atomic mass is 16.5. The standard InChI is InChI=1S/C13H29N3O/c1-15(10-7-14-6-5-13-17-2)11-12-16-8-3-4-9-16/h14H,3-13H2,1-2H3. The van der Waals surface area contributed by atoms with E-state index < -0.39 is 0 Å². The van der Waals surface area contributed by atoms with Gasteiger partial charge < -0.3 is 19.9 Å². The summed E-state index contributed by atoms with van der Waals surface area (Å²) < 4.78 is 5.01. The lowest BCUT2D eigenvalue weighted by Gasteiger charge is -2.21. The Morgan fingerprint density at radius 3 is 2.65 bits per heavy atom.